The Morgan fingerprint density at radius 2 is 0.693 bits per heavy atom. The van der Waals surface area contributed by atoms with Gasteiger partial charge in [0.2, 0.25) is 0 Å². The Balaban J connectivity index is 0.000000117. The van der Waals surface area contributed by atoms with Crippen LogP contribution in [-0.2, 0) is 70.7 Å². The summed E-state index contributed by atoms with van der Waals surface area (Å²) in [5.41, 5.74) is 5.75. The Morgan fingerprint density at radius 3 is 1.03 bits per heavy atom. The van der Waals surface area contributed by atoms with Crippen LogP contribution in [0.25, 0.3) is 44.1 Å². The van der Waals surface area contributed by atoms with Gasteiger partial charge in [-0.2, -0.15) is 0 Å². The first-order chi connectivity index (χ1) is 64.9. The van der Waals surface area contributed by atoms with E-state index in [1.165, 1.54) is 43.5 Å². The van der Waals surface area contributed by atoms with E-state index in [0.29, 0.717) is 108 Å². The maximum atomic E-state index is 15.8. The smallest absolute Gasteiger partial charge is 0.192 e. The predicted molar refractivity (Wildman–Crippen MR) is 500 cm³/mol. The molecule has 10 aliphatic heterocycles. The maximum Gasteiger partial charge on any atom is 0.192 e. The van der Waals surface area contributed by atoms with E-state index in [-0.39, 0.29) is 46.6 Å². The van der Waals surface area contributed by atoms with Gasteiger partial charge < -0.3 is 104 Å². The van der Waals surface area contributed by atoms with E-state index in [1.807, 2.05) is 75.2 Å². The number of rotatable bonds is 16. The summed E-state index contributed by atoms with van der Waals surface area (Å²) in [6.07, 6.45) is -6.04. The SMILES string of the molecule is CC1(C)O[C@H]2[C@@H](O1)[C@H](n1ccc3c(Cl)ncnc31)O[C@@H]2[C@@H]1OCC(F)c2cc(Cl)ccc21.CC1(C)O[C@H]2[C@@H](O1)[C@H](n1ccc3c(Cl)ncnc31)O[C@@H]2[C@@H]1OCC(F)c2cc(Cl)ccc21.CC1(C)O[C@H]2[C@@H](O1)[C@H](n1ccc3c(Cl)ncnc31)O[C@@H]2[C@H](O)c1ccc(Cl)cc1[C@H](F)CO.CC1(C)O[C@H]2[C@@H](O1)[C@H](n1ccc3c(Cl)ncnc31)O[C@@H]2[C@H](O)c1ccc(Cl)cc1[C@H](F)CO[Si](C)(C)C(C)(C)C. The summed E-state index contributed by atoms with van der Waals surface area (Å²) < 4.78 is 160. The van der Waals surface area contributed by atoms with Crippen LogP contribution in [0, 0.1) is 0 Å². The molecule has 0 bridgehead atoms. The number of alkyl halides is 4. The van der Waals surface area contributed by atoms with Crippen molar-refractivity contribution < 1.29 is 104 Å². The van der Waals surface area contributed by atoms with Gasteiger partial charge in [-0.15, -0.1) is 0 Å². The fourth-order valence-corrected chi connectivity index (χ4v) is 22.0. The fraction of sp³-hybridized carbons (Fsp3) is 0.489. The molecule has 0 amide bonds. The monoisotopic (exact) mass is 2070 g/mol. The molecule has 0 radical (unpaired) electrons. The highest BCUT2D eigenvalue weighted by Crippen LogP contribution is 2.56. The molecule has 18 heterocycles. The molecule has 8 fully saturated rings. The average molecular weight is 2070 g/mol. The van der Waals surface area contributed by atoms with Crippen LogP contribution >= 0.6 is 92.8 Å². The van der Waals surface area contributed by atoms with E-state index in [2.05, 4.69) is 73.7 Å². The summed E-state index contributed by atoms with van der Waals surface area (Å²) >= 11 is 49.5. The van der Waals surface area contributed by atoms with Crippen LogP contribution in [0.3, 0.4) is 0 Å². The van der Waals surface area contributed by atoms with Gasteiger partial charge in [0.1, 0.15) is 191 Å². The summed E-state index contributed by atoms with van der Waals surface area (Å²) in [7, 11) is -2.20. The van der Waals surface area contributed by atoms with Crippen molar-refractivity contribution in [2.45, 2.75) is 265 Å². The summed E-state index contributed by atoms with van der Waals surface area (Å²) in [6, 6.07) is 26.8. The molecule has 3 N–H and O–H groups in total. The first kappa shape index (κ1) is 98.7. The zero-order valence-electron chi connectivity index (χ0n) is 75.9. The molecule has 2 unspecified atom stereocenters. The number of nitrogens with zero attached hydrogens (tertiary/aromatic N) is 12. The summed E-state index contributed by atoms with van der Waals surface area (Å²) in [4.78, 5) is 33.6. The highest BCUT2D eigenvalue weighted by atomic mass is 35.5. The number of aliphatic hydroxyl groups excluding tert-OH is 3. The molecule has 12 aromatic rings. The minimum atomic E-state index is -2.20. The molecule has 30 nitrogen and oxygen atoms in total. The van der Waals surface area contributed by atoms with E-state index in [4.69, 9.17) is 164 Å². The fourth-order valence-electron chi connectivity index (χ4n) is 19.5. The summed E-state index contributed by atoms with van der Waals surface area (Å²) in [5.74, 6) is -3.48. The van der Waals surface area contributed by atoms with E-state index in [9.17, 15) is 28.5 Å². The molecule has 137 heavy (non-hydrogen) atoms. The molecule has 0 aliphatic carbocycles. The number of aliphatic hydroxyl groups is 3. The van der Waals surface area contributed by atoms with Crippen molar-refractivity contribution in [2.75, 3.05) is 26.4 Å². The highest BCUT2D eigenvalue weighted by Gasteiger charge is 2.64. The van der Waals surface area contributed by atoms with Crippen molar-refractivity contribution in [3.63, 3.8) is 0 Å². The molecular weight excluding hydrogens is 1970 g/mol. The normalized spacial score (nSPS) is 30.1. The molecule has 22 rings (SSSR count). The number of aromatic nitrogens is 12. The third-order valence-electron chi connectivity index (χ3n) is 26.6. The number of hydrogen-bond acceptors (Lipinski definition) is 26. The number of benzene rings is 4. The van der Waals surface area contributed by atoms with Crippen molar-refractivity contribution in [2.24, 2.45) is 0 Å². The van der Waals surface area contributed by atoms with Crippen LogP contribution in [0.5, 0.6) is 0 Å². The average Bonchev–Trinajstić information content (AvgIpc) is 1.59. The lowest BCUT2D eigenvalue weighted by atomic mass is 9.91. The summed E-state index contributed by atoms with van der Waals surface area (Å²) in [5, 5.41) is 38.0. The van der Waals surface area contributed by atoms with E-state index in [0.717, 1.165) is 0 Å². The third-order valence-corrected chi connectivity index (χ3v) is 33.3. The second-order valence-corrected chi connectivity index (χ2v) is 46.3. The van der Waals surface area contributed by atoms with Crippen LogP contribution in [0.15, 0.2) is 147 Å². The maximum absolute atomic E-state index is 15.8. The second kappa shape index (κ2) is 37.9. The number of hydrogen-bond donors (Lipinski definition) is 3. The van der Waals surface area contributed by atoms with Gasteiger partial charge in [0, 0.05) is 44.9 Å². The molecule has 24 atom stereocenters. The topological polar surface area (TPSA) is 322 Å². The van der Waals surface area contributed by atoms with Crippen LogP contribution in [0.2, 0.25) is 58.8 Å². The van der Waals surface area contributed by atoms with Crippen molar-refractivity contribution in [3.05, 3.63) is 232 Å². The Labute approximate surface area is 824 Å². The molecule has 0 spiro atoms. The molecule has 43 heteroatoms. The predicted octanol–water partition coefficient (Wildman–Crippen LogP) is 20.7. The zero-order chi connectivity index (χ0) is 97.1. The number of fused-ring (bicyclic) bond motifs is 10. The Bertz CT molecular complexity index is 6340. The van der Waals surface area contributed by atoms with Crippen LogP contribution in [-0.4, -0.2) is 205 Å². The van der Waals surface area contributed by atoms with Gasteiger partial charge in [0.05, 0.1) is 48.0 Å². The molecule has 4 aromatic carbocycles. The van der Waals surface area contributed by atoms with Crippen molar-refractivity contribution in [1.29, 1.82) is 0 Å². The number of halogens is 12. The molecule has 8 saturated heterocycles. The van der Waals surface area contributed by atoms with Gasteiger partial charge in [0.25, 0.3) is 0 Å². The second-order valence-electron chi connectivity index (χ2n) is 38.3. The Morgan fingerprint density at radius 1 is 0.394 bits per heavy atom. The molecule has 10 aliphatic rings. The minimum absolute atomic E-state index is 0.0739. The Hall–Kier alpha value is -7.10. The quantitative estimate of drug-likeness (QED) is 0.0459. The molecule has 8 aromatic heterocycles. The highest BCUT2D eigenvalue weighted by molar-refractivity contribution is 6.74. The lowest BCUT2D eigenvalue weighted by Crippen LogP contribution is -2.41. The minimum Gasteiger partial charge on any atom is -0.414 e. The largest absolute Gasteiger partial charge is 0.414 e. The van der Waals surface area contributed by atoms with Gasteiger partial charge in [-0.1, -0.05) is 138 Å². The van der Waals surface area contributed by atoms with Gasteiger partial charge in [-0.25, -0.2) is 57.4 Å². The van der Waals surface area contributed by atoms with E-state index in [1.54, 1.807) is 102 Å². The van der Waals surface area contributed by atoms with Crippen LogP contribution in [0.1, 0.15) is 195 Å². The zero-order valence-corrected chi connectivity index (χ0v) is 83.0. The van der Waals surface area contributed by atoms with Crippen molar-refractivity contribution >= 4 is 145 Å². The lowest BCUT2D eigenvalue weighted by molar-refractivity contribution is -0.214. The first-order valence-electron chi connectivity index (χ1n) is 44.4. The van der Waals surface area contributed by atoms with E-state index < -0.39 is 185 Å². The van der Waals surface area contributed by atoms with Crippen molar-refractivity contribution in [1.82, 2.24) is 58.1 Å². The van der Waals surface area contributed by atoms with E-state index >= 15 is 4.39 Å². The molecular formula is C94H98Cl8F4N12O18Si. The third kappa shape index (κ3) is 18.8. The standard InChI is InChI=1S/C28H36Cl2FN3O5Si.C22H22Cl2FN3O5.2C22H20Cl2FN3O4/c1-27(2,3)40(6,7)36-13-19(31)18-12-15(29)8-9-16(18)20(35)21-22-23(39-28(4,5)38-22)26(37-21)34-11-10-17-24(30)32-14-33-25(17)34;1-22(2)32-17-16(15(30)11-4-3-10(23)7-13(11)14(25)8-29)31-21(18(17)33-22)28-6-5-12-19(24)26-9-27-20(12)28;2*1-22(2)31-17-16(15-11-4-3-10(23)7-13(11)14(25)8-29-15)30-21(18(17)32-22)28-6-5-12-19(24)26-9-27-20(12)28/h8-12,14,19-23,26,35H,13H2,1-7H3;3-7,9,14-18,21,29-30H,8H2,1-2H3;2*3-7,9,14-18,21H,8H2,1-2H3/t19-,20-,21-,22-,23-,26-;14-,15-,16-,17-,18-,21-;2*14?,15-,16-,17-,18-,21-/m1111/s1. The van der Waals surface area contributed by atoms with Crippen LogP contribution < -0.4 is 0 Å². The first-order valence-corrected chi connectivity index (χ1v) is 50.4. The van der Waals surface area contributed by atoms with Crippen LogP contribution in [0.4, 0.5) is 17.6 Å². The molecule has 0 saturated carbocycles. The molecule has 730 valence electrons. The summed E-state index contributed by atoms with van der Waals surface area (Å²) in [6.45, 7) is 24.0. The van der Waals surface area contributed by atoms with Gasteiger partial charge in [-0.05, 0) is 191 Å². The Kier molecular flexibility index (Phi) is 27.3. The van der Waals surface area contributed by atoms with Gasteiger partial charge in [0.15, 0.2) is 56.4 Å². The van der Waals surface area contributed by atoms with Crippen molar-refractivity contribution in [3.8, 4) is 0 Å². The number of ether oxygens (including phenoxy) is 14. The lowest BCUT2D eigenvalue weighted by Gasteiger charge is -2.36. The van der Waals surface area contributed by atoms with Gasteiger partial charge in [-0.3, -0.25) is 0 Å². The van der Waals surface area contributed by atoms with Gasteiger partial charge >= 0.3 is 0 Å².